The molecular formula is C19H47N. The monoisotopic (exact) mass is 289 g/mol. The van der Waals surface area contributed by atoms with Gasteiger partial charge in [0.05, 0.1) is 0 Å². The highest BCUT2D eigenvalue weighted by Crippen LogP contribution is 2.25. The van der Waals surface area contributed by atoms with Gasteiger partial charge < -0.3 is 4.90 Å². The van der Waals surface area contributed by atoms with E-state index < -0.39 is 0 Å². The highest BCUT2D eigenvalue weighted by molar-refractivity contribution is 4.63. The van der Waals surface area contributed by atoms with E-state index in [1.165, 1.54) is 77.4 Å². The zero-order valence-electron chi connectivity index (χ0n) is 11.5. The van der Waals surface area contributed by atoms with Gasteiger partial charge in [0.15, 0.2) is 0 Å². The van der Waals surface area contributed by atoms with Crippen molar-refractivity contribution in [1.29, 1.82) is 0 Å². The summed E-state index contributed by atoms with van der Waals surface area (Å²) in [5.74, 6) is 1.09. The van der Waals surface area contributed by atoms with Gasteiger partial charge in [-0.05, 0) is 38.4 Å². The molecule has 0 aromatic rings. The predicted molar refractivity (Wildman–Crippen MR) is 99.8 cm³/mol. The van der Waals surface area contributed by atoms with E-state index in [-0.39, 0.29) is 29.7 Å². The number of likely N-dealkylation sites (tertiary alicyclic amines) is 1. The molecule has 2 aliphatic rings. The Morgan fingerprint density at radius 3 is 1.45 bits per heavy atom. The first-order chi connectivity index (χ1) is 7.86. The summed E-state index contributed by atoms with van der Waals surface area (Å²) in [4.78, 5) is 2.52. The normalized spacial score (nSPS) is 18.9. The molecule has 1 saturated heterocycles. The Labute approximate surface area is 132 Å². The maximum atomic E-state index is 2.52. The molecule has 0 unspecified atom stereocenters. The average Bonchev–Trinajstić information content (AvgIpc) is 2.41. The van der Waals surface area contributed by atoms with Crippen LogP contribution in [0.5, 0.6) is 0 Å². The van der Waals surface area contributed by atoms with Crippen molar-refractivity contribution in [3.8, 4) is 0 Å². The Balaban J connectivity index is -0.000000107. The number of nitrogens with zero attached hydrogens (tertiary/aromatic N) is 1. The molecule has 2 fully saturated rings. The standard InChI is InChI=1S/C8H16.C7H15N.4CH4/c2*1-2-8-6-4-3-5-7-8;;;;/h8H,2-7H2,1H3;2-7H2,1H3;4*1H4. The van der Waals surface area contributed by atoms with Gasteiger partial charge in [-0.1, -0.05) is 88.5 Å². The molecule has 0 atom stereocenters. The molecule has 0 aromatic carbocycles. The van der Waals surface area contributed by atoms with Crippen LogP contribution >= 0.6 is 0 Å². The maximum absolute atomic E-state index is 2.52. The summed E-state index contributed by atoms with van der Waals surface area (Å²) in [5, 5.41) is 0. The van der Waals surface area contributed by atoms with Crippen molar-refractivity contribution in [2.75, 3.05) is 19.6 Å². The van der Waals surface area contributed by atoms with Crippen LogP contribution in [0.2, 0.25) is 0 Å². The maximum Gasteiger partial charge on any atom is -0.00188 e. The average molecular weight is 290 g/mol. The molecule has 0 bridgehead atoms. The van der Waals surface area contributed by atoms with E-state index in [2.05, 4.69) is 18.7 Å². The lowest BCUT2D eigenvalue weighted by Gasteiger charge is -2.24. The summed E-state index contributed by atoms with van der Waals surface area (Å²) in [5.41, 5.74) is 0. The zero-order chi connectivity index (χ0) is 11.6. The zero-order valence-corrected chi connectivity index (χ0v) is 11.5. The van der Waals surface area contributed by atoms with Gasteiger partial charge in [-0.25, -0.2) is 0 Å². The van der Waals surface area contributed by atoms with Crippen LogP contribution in [0.25, 0.3) is 0 Å². The Morgan fingerprint density at radius 2 is 1.15 bits per heavy atom. The third-order valence-corrected chi connectivity index (χ3v) is 4.20. The molecule has 0 radical (unpaired) electrons. The van der Waals surface area contributed by atoms with Crippen LogP contribution in [-0.4, -0.2) is 24.5 Å². The first kappa shape index (κ1) is 28.2. The molecule has 1 nitrogen and oxygen atoms in total. The topological polar surface area (TPSA) is 3.24 Å². The van der Waals surface area contributed by atoms with E-state index in [1.54, 1.807) is 0 Å². The fraction of sp³-hybridized carbons (Fsp3) is 1.00. The fourth-order valence-corrected chi connectivity index (χ4v) is 2.87. The van der Waals surface area contributed by atoms with Crippen molar-refractivity contribution in [3.05, 3.63) is 0 Å². The highest BCUT2D eigenvalue weighted by atomic mass is 15.1. The van der Waals surface area contributed by atoms with E-state index in [0.717, 1.165) is 5.92 Å². The van der Waals surface area contributed by atoms with Crippen LogP contribution in [0.1, 0.15) is 101 Å². The first-order valence-corrected chi connectivity index (χ1v) is 7.59. The van der Waals surface area contributed by atoms with Gasteiger partial charge in [0, 0.05) is 0 Å². The van der Waals surface area contributed by atoms with Crippen LogP contribution in [0.4, 0.5) is 0 Å². The second kappa shape index (κ2) is 19.0. The third-order valence-electron chi connectivity index (χ3n) is 4.20. The van der Waals surface area contributed by atoms with Crippen molar-refractivity contribution < 1.29 is 0 Å². The lowest BCUT2D eigenvalue weighted by molar-refractivity contribution is 0.240. The minimum Gasteiger partial charge on any atom is -0.304 e. The van der Waals surface area contributed by atoms with E-state index in [9.17, 15) is 0 Å². The number of hydrogen-bond acceptors (Lipinski definition) is 1. The molecule has 1 heterocycles. The van der Waals surface area contributed by atoms with Crippen molar-refractivity contribution >= 4 is 0 Å². The quantitative estimate of drug-likeness (QED) is 0.528. The molecule has 1 saturated carbocycles. The third kappa shape index (κ3) is 13.0. The van der Waals surface area contributed by atoms with Crippen molar-refractivity contribution in [2.45, 2.75) is 101 Å². The van der Waals surface area contributed by atoms with Crippen LogP contribution in [0, 0.1) is 5.92 Å². The lowest BCUT2D eigenvalue weighted by Crippen LogP contribution is -2.29. The largest absolute Gasteiger partial charge is 0.304 e. The molecule has 1 aliphatic heterocycles. The molecule has 0 amide bonds. The summed E-state index contributed by atoms with van der Waals surface area (Å²) >= 11 is 0. The Hall–Kier alpha value is -0.0400. The Morgan fingerprint density at radius 1 is 0.700 bits per heavy atom. The van der Waals surface area contributed by atoms with E-state index in [0.29, 0.717) is 0 Å². The molecule has 128 valence electrons. The Bertz CT molecular complexity index is 126. The van der Waals surface area contributed by atoms with Crippen LogP contribution in [0.15, 0.2) is 0 Å². The van der Waals surface area contributed by atoms with Crippen molar-refractivity contribution in [2.24, 2.45) is 5.92 Å². The summed E-state index contributed by atoms with van der Waals surface area (Å²) in [6.45, 7) is 8.49. The highest BCUT2D eigenvalue weighted by Gasteiger charge is 2.09. The predicted octanol–water partition coefficient (Wildman–Crippen LogP) is 7.01. The summed E-state index contributed by atoms with van der Waals surface area (Å²) < 4.78 is 0. The first-order valence-electron chi connectivity index (χ1n) is 7.59. The van der Waals surface area contributed by atoms with Gasteiger partial charge in [-0.15, -0.1) is 0 Å². The van der Waals surface area contributed by atoms with E-state index in [4.69, 9.17) is 0 Å². The molecular weight excluding hydrogens is 242 g/mol. The molecule has 1 aliphatic carbocycles. The van der Waals surface area contributed by atoms with Gasteiger partial charge in [0.25, 0.3) is 0 Å². The van der Waals surface area contributed by atoms with Gasteiger partial charge in [-0.2, -0.15) is 0 Å². The van der Waals surface area contributed by atoms with Gasteiger partial charge >= 0.3 is 0 Å². The molecule has 1 heteroatoms. The lowest BCUT2D eigenvalue weighted by atomic mass is 9.88. The van der Waals surface area contributed by atoms with Gasteiger partial charge in [0.1, 0.15) is 0 Å². The van der Waals surface area contributed by atoms with Crippen LogP contribution < -0.4 is 0 Å². The second-order valence-electron chi connectivity index (χ2n) is 5.41. The van der Waals surface area contributed by atoms with Crippen molar-refractivity contribution in [3.63, 3.8) is 0 Å². The van der Waals surface area contributed by atoms with E-state index in [1.807, 2.05) is 0 Å². The summed E-state index contributed by atoms with van der Waals surface area (Å²) in [7, 11) is 0. The summed E-state index contributed by atoms with van der Waals surface area (Å²) in [6.07, 6.45) is 13.2. The van der Waals surface area contributed by atoms with Crippen LogP contribution in [0.3, 0.4) is 0 Å². The second-order valence-corrected chi connectivity index (χ2v) is 5.41. The molecule has 2 rings (SSSR count). The minimum atomic E-state index is 0. The van der Waals surface area contributed by atoms with Crippen molar-refractivity contribution in [1.82, 2.24) is 4.90 Å². The summed E-state index contributed by atoms with van der Waals surface area (Å²) in [6, 6.07) is 0. The molecule has 20 heavy (non-hydrogen) atoms. The molecule has 0 N–H and O–H groups in total. The fourth-order valence-electron chi connectivity index (χ4n) is 2.87. The molecule has 0 aromatic heterocycles. The number of piperidine rings is 1. The smallest absolute Gasteiger partial charge is 0.00188 e. The number of rotatable bonds is 2. The van der Waals surface area contributed by atoms with Crippen LogP contribution in [-0.2, 0) is 0 Å². The Kier molecular flexibility index (Phi) is 26.7. The molecule has 0 spiro atoms. The minimum absolute atomic E-state index is 0. The SMILES string of the molecule is C.C.C.C.CCC1CCCCC1.CCN1CCCCC1. The van der Waals surface area contributed by atoms with E-state index >= 15 is 0 Å². The number of hydrogen-bond donors (Lipinski definition) is 0. The van der Waals surface area contributed by atoms with Gasteiger partial charge in [-0.3, -0.25) is 0 Å². The van der Waals surface area contributed by atoms with Gasteiger partial charge in [0.2, 0.25) is 0 Å².